The molecule has 0 atom stereocenters. The molecule has 0 saturated heterocycles. The standard InChI is InChI=1S/C18H23N5O3S2/c1-10-7-11(2)15(12(3)8-10)23(20)18(22-19)28-9-14(24)21-13-5-6-27-16(13)17(25)26-4/h5-8H,9,19-20H2,1-4H3,(H,21,24)/b22-18+. The summed E-state index contributed by atoms with van der Waals surface area (Å²) < 4.78 is 4.70. The minimum absolute atomic E-state index is 0.0180. The van der Waals surface area contributed by atoms with Crippen LogP contribution in [0.4, 0.5) is 11.4 Å². The van der Waals surface area contributed by atoms with Crippen LogP contribution < -0.4 is 22.0 Å². The van der Waals surface area contributed by atoms with Crippen molar-refractivity contribution in [2.24, 2.45) is 16.8 Å². The van der Waals surface area contributed by atoms with Crippen molar-refractivity contribution in [1.29, 1.82) is 0 Å². The predicted molar refractivity (Wildman–Crippen MR) is 116 cm³/mol. The monoisotopic (exact) mass is 421 g/mol. The lowest BCUT2D eigenvalue weighted by Gasteiger charge is -2.23. The van der Waals surface area contributed by atoms with E-state index in [0.717, 1.165) is 34.1 Å². The van der Waals surface area contributed by atoms with E-state index in [-0.39, 0.29) is 11.7 Å². The third-order valence-electron chi connectivity index (χ3n) is 3.84. The lowest BCUT2D eigenvalue weighted by Crippen LogP contribution is -2.38. The summed E-state index contributed by atoms with van der Waals surface area (Å²) in [5.74, 6) is 10.9. The van der Waals surface area contributed by atoms with Gasteiger partial charge in [-0.25, -0.2) is 10.6 Å². The number of nitrogens with two attached hydrogens (primary N) is 2. The molecule has 1 aromatic carbocycles. The number of anilines is 2. The molecule has 1 amide bonds. The molecule has 2 rings (SSSR count). The first-order chi connectivity index (χ1) is 13.3. The van der Waals surface area contributed by atoms with Gasteiger partial charge < -0.3 is 15.9 Å². The molecule has 0 saturated carbocycles. The Morgan fingerprint density at radius 3 is 2.50 bits per heavy atom. The van der Waals surface area contributed by atoms with Crippen molar-refractivity contribution >= 4 is 51.5 Å². The van der Waals surface area contributed by atoms with Gasteiger partial charge in [-0.3, -0.25) is 9.80 Å². The Bertz CT molecular complexity index is 887. The van der Waals surface area contributed by atoms with Crippen LogP contribution in [0.1, 0.15) is 26.4 Å². The van der Waals surface area contributed by atoms with Gasteiger partial charge in [0, 0.05) is 0 Å². The molecule has 28 heavy (non-hydrogen) atoms. The molecule has 1 heterocycles. The number of thioether (sulfide) groups is 1. The fourth-order valence-corrected chi connectivity index (χ4v) is 4.19. The second-order valence-electron chi connectivity index (χ2n) is 6.02. The Morgan fingerprint density at radius 2 is 1.93 bits per heavy atom. The van der Waals surface area contributed by atoms with E-state index >= 15 is 0 Å². The third kappa shape index (κ3) is 5.03. The zero-order valence-electron chi connectivity index (χ0n) is 16.1. The van der Waals surface area contributed by atoms with Gasteiger partial charge in [-0.2, -0.15) is 5.10 Å². The van der Waals surface area contributed by atoms with Crippen LogP contribution in [0.15, 0.2) is 28.7 Å². The number of thiophene rings is 1. The molecule has 150 valence electrons. The molecule has 0 aliphatic heterocycles. The average Bonchev–Trinajstić information content (AvgIpc) is 3.08. The van der Waals surface area contributed by atoms with Crippen LogP contribution in [0.5, 0.6) is 0 Å². The molecule has 0 fully saturated rings. The lowest BCUT2D eigenvalue weighted by molar-refractivity contribution is -0.113. The third-order valence-corrected chi connectivity index (χ3v) is 5.70. The highest BCUT2D eigenvalue weighted by molar-refractivity contribution is 8.14. The molecular formula is C18H23N5O3S2. The van der Waals surface area contributed by atoms with Gasteiger partial charge in [-0.1, -0.05) is 29.5 Å². The number of aryl methyl sites for hydroxylation is 3. The summed E-state index contributed by atoms with van der Waals surface area (Å²) >= 11 is 2.29. The highest BCUT2D eigenvalue weighted by atomic mass is 32.2. The Morgan fingerprint density at radius 1 is 1.29 bits per heavy atom. The number of hydrogen-bond donors (Lipinski definition) is 3. The number of carbonyl (C=O) groups excluding carboxylic acids is 2. The molecule has 0 unspecified atom stereocenters. The Labute approximate surface area is 171 Å². The number of nitrogens with zero attached hydrogens (tertiary/aromatic N) is 2. The van der Waals surface area contributed by atoms with Gasteiger partial charge in [0.15, 0.2) is 0 Å². The normalized spacial score (nSPS) is 11.2. The molecule has 0 aliphatic carbocycles. The molecule has 0 aliphatic rings. The summed E-state index contributed by atoms with van der Waals surface area (Å²) in [5, 5.41) is 9.79. The smallest absolute Gasteiger partial charge is 0.350 e. The van der Waals surface area contributed by atoms with Gasteiger partial charge in [0.05, 0.1) is 24.2 Å². The number of benzene rings is 1. The van der Waals surface area contributed by atoms with Crippen LogP contribution in [0.25, 0.3) is 0 Å². The van der Waals surface area contributed by atoms with Crippen molar-refractivity contribution in [1.82, 2.24) is 0 Å². The number of hydrazone groups is 1. The van der Waals surface area contributed by atoms with Crippen molar-refractivity contribution in [3.05, 3.63) is 45.1 Å². The summed E-state index contributed by atoms with van der Waals surface area (Å²) in [5.41, 5.74) is 4.28. The number of hydrazine groups is 1. The number of amides is 1. The molecule has 0 bridgehead atoms. The van der Waals surface area contributed by atoms with Crippen LogP contribution in [0, 0.1) is 20.8 Å². The van der Waals surface area contributed by atoms with Gasteiger partial charge in [0.2, 0.25) is 11.1 Å². The number of ether oxygens (including phenoxy) is 1. The van der Waals surface area contributed by atoms with E-state index in [0.29, 0.717) is 15.7 Å². The zero-order chi connectivity index (χ0) is 20.8. The molecule has 10 heteroatoms. The van der Waals surface area contributed by atoms with Crippen molar-refractivity contribution < 1.29 is 14.3 Å². The average molecular weight is 422 g/mol. The number of esters is 1. The molecular weight excluding hydrogens is 398 g/mol. The minimum Gasteiger partial charge on any atom is -0.465 e. The van der Waals surface area contributed by atoms with Gasteiger partial charge in [0.25, 0.3) is 0 Å². The van der Waals surface area contributed by atoms with Gasteiger partial charge >= 0.3 is 5.97 Å². The molecule has 8 nitrogen and oxygen atoms in total. The van der Waals surface area contributed by atoms with Crippen LogP contribution >= 0.6 is 23.1 Å². The Hall–Kier alpha value is -2.56. The maximum Gasteiger partial charge on any atom is 0.350 e. The van der Waals surface area contributed by atoms with E-state index in [1.165, 1.54) is 23.5 Å². The van der Waals surface area contributed by atoms with E-state index in [1.807, 2.05) is 32.9 Å². The molecule has 5 N–H and O–H groups in total. The van der Waals surface area contributed by atoms with E-state index in [4.69, 9.17) is 16.4 Å². The summed E-state index contributed by atoms with van der Waals surface area (Å²) in [6.07, 6.45) is 0. The highest BCUT2D eigenvalue weighted by Crippen LogP contribution is 2.27. The topological polar surface area (TPSA) is 123 Å². The van der Waals surface area contributed by atoms with Crippen LogP contribution in [-0.2, 0) is 9.53 Å². The number of methoxy groups -OCH3 is 1. The largest absolute Gasteiger partial charge is 0.465 e. The summed E-state index contributed by atoms with van der Waals surface area (Å²) in [4.78, 5) is 24.3. The van der Waals surface area contributed by atoms with Crippen molar-refractivity contribution in [2.45, 2.75) is 20.8 Å². The predicted octanol–water partition coefficient (Wildman–Crippen LogP) is 2.74. The quantitative estimate of drug-likeness (QED) is 0.223. The number of hydrogen-bond acceptors (Lipinski definition) is 8. The molecule has 1 aromatic heterocycles. The molecule has 0 radical (unpaired) electrons. The number of rotatable bonds is 5. The Kier molecular flexibility index (Phi) is 7.44. The summed E-state index contributed by atoms with van der Waals surface area (Å²) in [7, 11) is 1.29. The van der Waals surface area contributed by atoms with E-state index < -0.39 is 5.97 Å². The van der Waals surface area contributed by atoms with Crippen molar-refractivity contribution in [3.63, 3.8) is 0 Å². The second-order valence-corrected chi connectivity index (χ2v) is 7.88. The molecule has 2 aromatic rings. The maximum absolute atomic E-state index is 12.3. The fraction of sp³-hybridized carbons (Fsp3) is 0.278. The highest BCUT2D eigenvalue weighted by Gasteiger charge is 2.19. The first kappa shape index (κ1) is 21.7. The van der Waals surface area contributed by atoms with E-state index in [2.05, 4.69) is 10.4 Å². The molecule has 0 spiro atoms. The zero-order valence-corrected chi connectivity index (χ0v) is 17.7. The van der Waals surface area contributed by atoms with Crippen LogP contribution in [0.2, 0.25) is 0 Å². The van der Waals surface area contributed by atoms with E-state index in [9.17, 15) is 9.59 Å². The van der Waals surface area contributed by atoms with Crippen molar-refractivity contribution in [3.8, 4) is 0 Å². The van der Waals surface area contributed by atoms with Gasteiger partial charge in [0.1, 0.15) is 4.88 Å². The first-order valence-electron chi connectivity index (χ1n) is 8.27. The second kappa shape index (κ2) is 9.58. The number of amidine groups is 1. The fourth-order valence-electron chi connectivity index (χ4n) is 2.79. The van der Waals surface area contributed by atoms with Crippen molar-refractivity contribution in [2.75, 3.05) is 23.2 Å². The first-order valence-corrected chi connectivity index (χ1v) is 10.1. The van der Waals surface area contributed by atoms with Gasteiger partial charge in [-0.15, -0.1) is 11.3 Å². The number of nitrogens with one attached hydrogen (secondary N) is 1. The van der Waals surface area contributed by atoms with Crippen LogP contribution in [-0.4, -0.2) is 29.9 Å². The van der Waals surface area contributed by atoms with Gasteiger partial charge in [-0.05, 0) is 43.3 Å². The lowest BCUT2D eigenvalue weighted by atomic mass is 10.1. The maximum atomic E-state index is 12.3. The van der Waals surface area contributed by atoms with Crippen LogP contribution in [0.3, 0.4) is 0 Å². The summed E-state index contributed by atoms with van der Waals surface area (Å²) in [6, 6.07) is 5.67. The summed E-state index contributed by atoms with van der Waals surface area (Å²) in [6.45, 7) is 5.91. The number of carbonyl (C=O) groups is 2. The minimum atomic E-state index is -0.499. The van der Waals surface area contributed by atoms with E-state index in [1.54, 1.807) is 11.4 Å². The SMILES string of the molecule is COC(=O)c1sccc1NC(=O)CS/C(=N/N)N(N)c1c(C)cc(C)cc1C. The Balaban J connectivity index is 2.05.